The van der Waals surface area contributed by atoms with Gasteiger partial charge in [0.2, 0.25) is 11.8 Å². The van der Waals surface area contributed by atoms with Gasteiger partial charge in [-0.3, -0.25) is 9.59 Å². The van der Waals surface area contributed by atoms with Gasteiger partial charge in [0.15, 0.2) is 0 Å². The highest BCUT2D eigenvalue weighted by molar-refractivity contribution is 5.91. The molecular weight excluding hydrogens is 336 g/mol. The summed E-state index contributed by atoms with van der Waals surface area (Å²) < 4.78 is 0. The van der Waals surface area contributed by atoms with E-state index in [4.69, 9.17) is 11.5 Å². The molecule has 2 amide bonds. The fourth-order valence-corrected chi connectivity index (χ4v) is 2.39. The SMILES string of the molecule is C[C@H](N)C(=O)N[C@@H](CCCCN)C(=O)N[C@@H](Cc1ccccc1)C(=O)O. The van der Waals surface area contributed by atoms with Crippen LogP contribution < -0.4 is 22.1 Å². The van der Waals surface area contributed by atoms with Crippen LogP contribution in [0.3, 0.4) is 0 Å². The molecule has 3 atom stereocenters. The number of hydrogen-bond donors (Lipinski definition) is 5. The molecule has 0 spiro atoms. The van der Waals surface area contributed by atoms with Gasteiger partial charge in [-0.1, -0.05) is 30.3 Å². The Bertz CT molecular complexity index is 592. The van der Waals surface area contributed by atoms with Crippen LogP contribution in [0.2, 0.25) is 0 Å². The highest BCUT2D eigenvalue weighted by atomic mass is 16.4. The first-order valence-electron chi connectivity index (χ1n) is 8.68. The molecular formula is C18H28N4O4. The molecule has 144 valence electrons. The van der Waals surface area contributed by atoms with E-state index in [0.717, 1.165) is 5.56 Å². The summed E-state index contributed by atoms with van der Waals surface area (Å²) in [5.41, 5.74) is 11.8. The molecule has 7 N–H and O–H groups in total. The third-order valence-electron chi connectivity index (χ3n) is 3.89. The smallest absolute Gasteiger partial charge is 0.326 e. The first-order valence-corrected chi connectivity index (χ1v) is 8.68. The topological polar surface area (TPSA) is 148 Å². The molecule has 0 aromatic heterocycles. The van der Waals surface area contributed by atoms with Crippen molar-refractivity contribution in [2.45, 2.75) is 50.7 Å². The van der Waals surface area contributed by atoms with Crippen molar-refractivity contribution in [1.82, 2.24) is 10.6 Å². The Labute approximate surface area is 153 Å². The first kappa shape index (κ1) is 21.6. The van der Waals surface area contributed by atoms with Crippen LogP contribution in [0.1, 0.15) is 31.7 Å². The van der Waals surface area contributed by atoms with Crippen molar-refractivity contribution < 1.29 is 19.5 Å². The summed E-state index contributed by atoms with van der Waals surface area (Å²) in [5, 5.41) is 14.5. The molecule has 0 saturated carbocycles. The van der Waals surface area contributed by atoms with Gasteiger partial charge in [-0.2, -0.15) is 0 Å². The van der Waals surface area contributed by atoms with Gasteiger partial charge < -0.3 is 27.2 Å². The van der Waals surface area contributed by atoms with E-state index in [1.807, 2.05) is 6.07 Å². The van der Waals surface area contributed by atoms with E-state index in [0.29, 0.717) is 25.8 Å². The third kappa shape index (κ3) is 7.62. The van der Waals surface area contributed by atoms with Crippen LogP contribution in [0.25, 0.3) is 0 Å². The second kappa shape index (κ2) is 11.2. The molecule has 0 aliphatic carbocycles. The summed E-state index contributed by atoms with van der Waals surface area (Å²) in [4.78, 5) is 35.9. The van der Waals surface area contributed by atoms with Crippen molar-refractivity contribution in [3.63, 3.8) is 0 Å². The minimum Gasteiger partial charge on any atom is -0.480 e. The second-order valence-electron chi connectivity index (χ2n) is 6.22. The Hall–Kier alpha value is -2.45. The number of carboxylic acid groups (broad SMARTS) is 1. The van der Waals surface area contributed by atoms with E-state index in [1.54, 1.807) is 24.3 Å². The molecule has 1 aromatic rings. The van der Waals surface area contributed by atoms with Crippen molar-refractivity contribution in [2.75, 3.05) is 6.54 Å². The maximum absolute atomic E-state index is 12.5. The summed E-state index contributed by atoms with van der Waals surface area (Å²) in [6.07, 6.45) is 1.84. The van der Waals surface area contributed by atoms with E-state index >= 15 is 0 Å². The van der Waals surface area contributed by atoms with Crippen LogP contribution >= 0.6 is 0 Å². The molecule has 1 rings (SSSR count). The summed E-state index contributed by atoms with van der Waals surface area (Å²) in [6, 6.07) is 6.31. The zero-order valence-corrected chi connectivity index (χ0v) is 15.0. The predicted molar refractivity (Wildman–Crippen MR) is 98.2 cm³/mol. The summed E-state index contributed by atoms with van der Waals surface area (Å²) >= 11 is 0. The monoisotopic (exact) mass is 364 g/mol. The summed E-state index contributed by atoms with van der Waals surface area (Å²) in [7, 11) is 0. The van der Waals surface area contributed by atoms with Gasteiger partial charge in [0, 0.05) is 6.42 Å². The quantitative estimate of drug-likeness (QED) is 0.342. The van der Waals surface area contributed by atoms with Crippen LogP contribution in [0.5, 0.6) is 0 Å². The number of hydrogen-bond acceptors (Lipinski definition) is 5. The molecule has 0 heterocycles. The van der Waals surface area contributed by atoms with Gasteiger partial charge in [-0.05, 0) is 38.3 Å². The molecule has 0 fully saturated rings. The standard InChI is InChI=1S/C18H28N4O4/c1-12(20)16(23)21-14(9-5-6-10-19)17(24)22-15(18(25)26)11-13-7-3-2-4-8-13/h2-4,7-8,12,14-15H,5-6,9-11,19-20H2,1H3,(H,21,23)(H,22,24)(H,25,26)/t12-,14-,15-/m0/s1. The van der Waals surface area contributed by atoms with Gasteiger partial charge in [0.05, 0.1) is 6.04 Å². The van der Waals surface area contributed by atoms with Gasteiger partial charge >= 0.3 is 5.97 Å². The lowest BCUT2D eigenvalue weighted by Crippen LogP contribution is -2.54. The van der Waals surface area contributed by atoms with Crippen molar-refractivity contribution in [1.29, 1.82) is 0 Å². The van der Waals surface area contributed by atoms with Gasteiger partial charge in [0.25, 0.3) is 0 Å². The maximum atomic E-state index is 12.5. The molecule has 0 saturated heterocycles. The molecule has 26 heavy (non-hydrogen) atoms. The van der Waals surface area contributed by atoms with Gasteiger partial charge in [-0.25, -0.2) is 4.79 Å². The van der Waals surface area contributed by atoms with E-state index in [9.17, 15) is 19.5 Å². The number of amides is 2. The average Bonchev–Trinajstić information content (AvgIpc) is 2.60. The Kier molecular flexibility index (Phi) is 9.32. The van der Waals surface area contributed by atoms with Crippen LogP contribution in [0.4, 0.5) is 0 Å². The Morgan fingerprint density at radius 2 is 1.65 bits per heavy atom. The van der Waals surface area contributed by atoms with E-state index in [-0.39, 0.29) is 6.42 Å². The number of carbonyl (C=O) groups excluding carboxylic acids is 2. The number of benzene rings is 1. The molecule has 0 bridgehead atoms. The minimum atomic E-state index is -1.14. The zero-order valence-electron chi connectivity index (χ0n) is 15.0. The molecule has 0 aliphatic heterocycles. The molecule has 0 unspecified atom stereocenters. The number of rotatable bonds is 11. The largest absolute Gasteiger partial charge is 0.480 e. The molecule has 8 nitrogen and oxygen atoms in total. The maximum Gasteiger partial charge on any atom is 0.326 e. The number of nitrogens with two attached hydrogens (primary N) is 2. The summed E-state index contributed by atoms with van der Waals surface area (Å²) in [5.74, 6) is -2.14. The Morgan fingerprint density at radius 1 is 1.04 bits per heavy atom. The first-order chi connectivity index (χ1) is 12.3. The Morgan fingerprint density at radius 3 is 2.19 bits per heavy atom. The van der Waals surface area contributed by atoms with Crippen molar-refractivity contribution >= 4 is 17.8 Å². The summed E-state index contributed by atoms with van der Waals surface area (Å²) in [6.45, 7) is 1.99. The number of carboxylic acids is 1. The zero-order chi connectivity index (χ0) is 19.5. The second-order valence-corrected chi connectivity index (χ2v) is 6.22. The lowest BCUT2D eigenvalue weighted by molar-refractivity contribution is -0.142. The lowest BCUT2D eigenvalue weighted by Gasteiger charge is -2.22. The minimum absolute atomic E-state index is 0.151. The van der Waals surface area contributed by atoms with Crippen molar-refractivity contribution in [3.8, 4) is 0 Å². The molecule has 0 aliphatic rings. The Balaban J connectivity index is 2.78. The highest BCUT2D eigenvalue weighted by Gasteiger charge is 2.27. The fourth-order valence-electron chi connectivity index (χ4n) is 2.39. The normalized spacial score (nSPS) is 14.1. The molecule has 8 heteroatoms. The molecule has 0 radical (unpaired) electrons. The van der Waals surface area contributed by atoms with E-state index in [1.165, 1.54) is 6.92 Å². The lowest BCUT2D eigenvalue weighted by atomic mass is 10.0. The van der Waals surface area contributed by atoms with Crippen molar-refractivity contribution in [2.24, 2.45) is 11.5 Å². The van der Waals surface area contributed by atoms with Crippen LogP contribution in [-0.4, -0.2) is 47.6 Å². The highest BCUT2D eigenvalue weighted by Crippen LogP contribution is 2.06. The third-order valence-corrected chi connectivity index (χ3v) is 3.89. The van der Waals surface area contributed by atoms with Crippen LogP contribution in [0.15, 0.2) is 30.3 Å². The number of carbonyl (C=O) groups is 3. The number of unbranched alkanes of at least 4 members (excludes halogenated alkanes) is 1. The fraction of sp³-hybridized carbons (Fsp3) is 0.500. The van der Waals surface area contributed by atoms with Gasteiger partial charge in [-0.15, -0.1) is 0 Å². The number of nitrogens with one attached hydrogen (secondary N) is 2. The van der Waals surface area contributed by atoms with E-state index in [2.05, 4.69) is 10.6 Å². The van der Waals surface area contributed by atoms with E-state index < -0.39 is 35.9 Å². The van der Waals surface area contributed by atoms with Gasteiger partial charge in [0.1, 0.15) is 12.1 Å². The molecule has 1 aromatic carbocycles. The van der Waals surface area contributed by atoms with Crippen LogP contribution in [-0.2, 0) is 20.8 Å². The van der Waals surface area contributed by atoms with Crippen LogP contribution in [0, 0.1) is 0 Å². The van der Waals surface area contributed by atoms with Crippen molar-refractivity contribution in [3.05, 3.63) is 35.9 Å². The average molecular weight is 364 g/mol. The predicted octanol–water partition coefficient (Wildman–Crippen LogP) is -0.240. The number of aliphatic carboxylic acids is 1.